The highest BCUT2D eigenvalue weighted by Gasteiger charge is 2.28. The highest BCUT2D eigenvalue weighted by Crippen LogP contribution is 2.33. The molecule has 0 aromatic carbocycles. The monoisotopic (exact) mass is 169 g/mol. The summed E-state index contributed by atoms with van der Waals surface area (Å²) in [5.74, 6) is 0. The first-order chi connectivity index (χ1) is 5.24. The van der Waals surface area contributed by atoms with E-state index in [0.717, 1.165) is 19.3 Å². The van der Waals surface area contributed by atoms with Gasteiger partial charge in [0.15, 0.2) is 0 Å². The number of nitriles is 1. The third-order valence-electron chi connectivity index (χ3n) is 1.79. The summed E-state index contributed by atoms with van der Waals surface area (Å²) in [6, 6.07) is 2.35. The van der Waals surface area contributed by atoms with Gasteiger partial charge in [0.05, 0.1) is 11.1 Å². The summed E-state index contributed by atoms with van der Waals surface area (Å²) >= 11 is 0. The minimum Gasteiger partial charge on any atom is -0.419 e. The highest BCUT2D eigenvalue weighted by atomic mass is 28.2. The number of hydrogen-bond acceptors (Lipinski definition) is 2. The Kier molecular flexibility index (Phi) is 5.17. The summed E-state index contributed by atoms with van der Waals surface area (Å²) in [6.45, 7) is 4.15. The van der Waals surface area contributed by atoms with E-state index in [1.807, 2.05) is 6.92 Å². The van der Waals surface area contributed by atoms with Crippen molar-refractivity contribution in [1.82, 2.24) is 0 Å². The van der Waals surface area contributed by atoms with Crippen molar-refractivity contribution < 1.29 is 4.43 Å². The molecule has 0 bridgehead atoms. The van der Waals surface area contributed by atoms with Gasteiger partial charge in [-0.15, -0.1) is 0 Å². The van der Waals surface area contributed by atoms with Gasteiger partial charge in [-0.2, -0.15) is 5.26 Å². The van der Waals surface area contributed by atoms with Crippen LogP contribution in [0.5, 0.6) is 0 Å². The molecule has 1 unspecified atom stereocenters. The fourth-order valence-electron chi connectivity index (χ4n) is 1.08. The van der Waals surface area contributed by atoms with E-state index in [2.05, 4.69) is 13.0 Å². The summed E-state index contributed by atoms with van der Waals surface area (Å²) < 4.78 is 5.05. The van der Waals surface area contributed by atoms with Crippen molar-refractivity contribution in [3.63, 3.8) is 0 Å². The average molecular weight is 169 g/mol. The van der Waals surface area contributed by atoms with Crippen molar-refractivity contribution in [2.75, 3.05) is 7.11 Å². The Hall–Kier alpha value is -0.333. The number of nitrogens with zero attached hydrogens (tertiary/aromatic N) is 1. The smallest absolute Gasteiger partial charge is 0.251 e. The molecule has 0 aliphatic rings. The van der Waals surface area contributed by atoms with Crippen LogP contribution in [0.1, 0.15) is 33.1 Å². The van der Waals surface area contributed by atoms with E-state index in [-0.39, 0.29) is 5.04 Å². The predicted octanol–water partition coefficient (Wildman–Crippen LogP) is 2.14. The Labute approximate surface area is 71.5 Å². The van der Waals surface area contributed by atoms with E-state index in [0.29, 0.717) is 9.76 Å². The second kappa shape index (κ2) is 5.33. The lowest BCUT2D eigenvalue weighted by molar-refractivity contribution is 0.404. The molecule has 0 N–H and O–H groups in total. The Morgan fingerprint density at radius 1 is 1.55 bits per heavy atom. The predicted molar refractivity (Wildman–Crippen MR) is 46.3 cm³/mol. The fraction of sp³-hybridized carbons (Fsp3) is 0.875. The lowest BCUT2D eigenvalue weighted by Gasteiger charge is -2.20. The van der Waals surface area contributed by atoms with Gasteiger partial charge in [0.2, 0.25) is 0 Å². The Bertz CT molecular complexity index is 136. The quantitative estimate of drug-likeness (QED) is 0.591. The molecule has 3 heteroatoms. The van der Waals surface area contributed by atoms with Gasteiger partial charge < -0.3 is 4.43 Å². The second-order valence-corrected chi connectivity index (χ2v) is 4.17. The second-order valence-electron chi connectivity index (χ2n) is 2.60. The molecule has 0 aliphatic heterocycles. The lowest BCUT2D eigenvalue weighted by atomic mass is 10.0. The van der Waals surface area contributed by atoms with Crippen LogP contribution in [-0.2, 0) is 4.43 Å². The van der Waals surface area contributed by atoms with Gasteiger partial charge in [-0.05, 0) is 12.8 Å². The minimum atomic E-state index is -0.205. The lowest BCUT2D eigenvalue weighted by Crippen LogP contribution is -2.19. The molecule has 0 aliphatic carbocycles. The van der Waals surface area contributed by atoms with Crippen LogP contribution in [0.4, 0.5) is 0 Å². The molecule has 11 heavy (non-hydrogen) atoms. The summed E-state index contributed by atoms with van der Waals surface area (Å²) in [5, 5.41) is 8.71. The maximum absolute atomic E-state index is 8.92. The van der Waals surface area contributed by atoms with Gasteiger partial charge in [-0.1, -0.05) is 20.3 Å². The third kappa shape index (κ3) is 3.04. The molecule has 62 valence electrons. The molecule has 0 saturated carbocycles. The van der Waals surface area contributed by atoms with Crippen LogP contribution in [-0.4, -0.2) is 16.9 Å². The van der Waals surface area contributed by atoms with Crippen molar-refractivity contribution in [3.05, 3.63) is 0 Å². The molecule has 0 fully saturated rings. The minimum absolute atomic E-state index is 0.205. The number of rotatable bonds is 5. The summed E-state index contributed by atoms with van der Waals surface area (Å²) in [7, 11) is 1.98. The van der Waals surface area contributed by atoms with Crippen molar-refractivity contribution in [1.29, 1.82) is 5.26 Å². The van der Waals surface area contributed by atoms with E-state index < -0.39 is 0 Å². The average Bonchev–Trinajstić information content (AvgIpc) is 2.04. The Morgan fingerprint density at radius 2 is 2.18 bits per heavy atom. The molecule has 2 nitrogen and oxygen atoms in total. The highest BCUT2D eigenvalue weighted by molar-refractivity contribution is 6.33. The topological polar surface area (TPSA) is 33.0 Å². The SMILES string of the molecule is CCCC(C#N)(CC)[Si]OC. The zero-order valence-electron chi connectivity index (χ0n) is 7.48. The molecular formula is C8H15NOSi. The zero-order chi connectivity index (χ0) is 8.74. The maximum Gasteiger partial charge on any atom is 0.251 e. The first kappa shape index (κ1) is 10.7. The van der Waals surface area contributed by atoms with E-state index in [9.17, 15) is 0 Å². The standard InChI is InChI=1S/C8H15NOSi/c1-4-6-8(5-2,7-9)11-10-3/h4-6H2,1-3H3. The first-order valence-electron chi connectivity index (χ1n) is 3.96. The molecular weight excluding hydrogens is 154 g/mol. The van der Waals surface area contributed by atoms with Gasteiger partial charge in [-0.25, -0.2) is 0 Å². The normalized spacial score (nSPS) is 15.5. The molecule has 0 rings (SSSR count). The summed E-state index contributed by atoms with van der Waals surface area (Å²) in [4.78, 5) is 0. The van der Waals surface area contributed by atoms with Crippen LogP contribution < -0.4 is 0 Å². The van der Waals surface area contributed by atoms with Gasteiger partial charge in [0.1, 0.15) is 0 Å². The zero-order valence-corrected chi connectivity index (χ0v) is 8.48. The Balaban J connectivity index is 4.11. The summed E-state index contributed by atoms with van der Waals surface area (Å²) in [5.41, 5.74) is 0. The molecule has 0 spiro atoms. The fourth-order valence-corrected chi connectivity index (χ4v) is 2.01. The van der Waals surface area contributed by atoms with Crippen LogP contribution in [0.3, 0.4) is 0 Å². The van der Waals surface area contributed by atoms with Crippen LogP contribution >= 0.6 is 0 Å². The van der Waals surface area contributed by atoms with E-state index >= 15 is 0 Å². The molecule has 0 heterocycles. The van der Waals surface area contributed by atoms with Gasteiger partial charge >= 0.3 is 0 Å². The summed E-state index contributed by atoms with van der Waals surface area (Å²) in [6.07, 6.45) is 2.90. The molecule has 0 aromatic rings. The number of hydrogen-bond donors (Lipinski definition) is 0. The van der Waals surface area contributed by atoms with E-state index in [4.69, 9.17) is 9.69 Å². The maximum atomic E-state index is 8.92. The van der Waals surface area contributed by atoms with E-state index in [1.165, 1.54) is 0 Å². The van der Waals surface area contributed by atoms with Crippen molar-refractivity contribution >= 4 is 9.76 Å². The molecule has 0 amide bonds. The van der Waals surface area contributed by atoms with Gasteiger partial charge in [-0.3, -0.25) is 0 Å². The largest absolute Gasteiger partial charge is 0.419 e. The van der Waals surface area contributed by atoms with Crippen LogP contribution in [0.15, 0.2) is 0 Å². The van der Waals surface area contributed by atoms with Crippen molar-refractivity contribution in [3.8, 4) is 6.07 Å². The Morgan fingerprint density at radius 3 is 2.45 bits per heavy atom. The first-order valence-corrected chi connectivity index (χ1v) is 4.87. The van der Waals surface area contributed by atoms with E-state index in [1.54, 1.807) is 7.11 Å². The molecule has 1 atom stereocenters. The van der Waals surface area contributed by atoms with Gasteiger partial charge in [0, 0.05) is 7.11 Å². The van der Waals surface area contributed by atoms with Crippen LogP contribution in [0.25, 0.3) is 0 Å². The third-order valence-corrected chi connectivity index (χ3v) is 3.10. The molecule has 0 aromatic heterocycles. The molecule has 2 radical (unpaired) electrons. The van der Waals surface area contributed by atoms with Crippen LogP contribution in [0, 0.1) is 11.3 Å². The van der Waals surface area contributed by atoms with Crippen molar-refractivity contribution in [2.45, 2.75) is 38.1 Å². The molecule has 0 saturated heterocycles. The van der Waals surface area contributed by atoms with Crippen molar-refractivity contribution in [2.24, 2.45) is 0 Å². The van der Waals surface area contributed by atoms with Gasteiger partial charge in [0.25, 0.3) is 9.76 Å². The van der Waals surface area contributed by atoms with Crippen LogP contribution in [0.2, 0.25) is 5.04 Å².